The van der Waals surface area contributed by atoms with Gasteiger partial charge < -0.3 is 44.1 Å². The molecule has 113 heavy (non-hydrogen) atoms. The molecule has 8 rings (SSSR count). The summed E-state index contributed by atoms with van der Waals surface area (Å²) < 4.78 is 224. The molecule has 3 aliphatic rings. The number of carboxylic acids is 1. The van der Waals surface area contributed by atoms with Crippen LogP contribution in [-0.2, 0) is 87.2 Å². The fourth-order valence-electron chi connectivity index (χ4n) is 13.8. The van der Waals surface area contributed by atoms with Gasteiger partial charge in [-0.1, -0.05) is 57.7 Å². The lowest BCUT2D eigenvalue weighted by Crippen LogP contribution is -2.62. The summed E-state index contributed by atoms with van der Waals surface area (Å²) in [7, 11) is -8.96. The maximum Gasteiger partial charge on any atom is 0.524 e. The molecule has 2 bridgehead atoms. The Morgan fingerprint density at radius 1 is 0.796 bits per heavy atom. The first-order valence-corrected chi connectivity index (χ1v) is 38.1. The molecule has 0 aliphatic carbocycles. The predicted molar refractivity (Wildman–Crippen MR) is 379 cm³/mol. The number of fused-ring (bicyclic) bond motifs is 2. The van der Waals surface area contributed by atoms with E-state index in [-0.39, 0.29) is 21.4 Å². The number of hydrazine groups is 1. The third-order valence-electron chi connectivity index (χ3n) is 20.0. The number of benzene rings is 3. The monoisotopic (exact) mass is 1650 g/mol. The zero-order valence-corrected chi connectivity index (χ0v) is 64.1. The Labute approximate surface area is 642 Å². The van der Waals surface area contributed by atoms with Crippen molar-refractivity contribution in [3.8, 4) is 28.8 Å². The number of aromatic nitrogens is 4. The lowest BCUT2D eigenvalue weighted by molar-refractivity contribution is -0.231. The average Bonchev–Trinajstić information content (AvgIpc) is 1.74. The summed E-state index contributed by atoms with van der Waals surface area (Å²) in [4.78, 5) is 132. The number of amides is 3. The van der Waals surface area contributed by atoms with Crippen LogP contribution < -0.4 is 25.5 Å². The molecule has 29 nitrogen and oxygen atoms in total. The number of carbonyl (C=O) groups is 7. The summed E-state index contributed by atoms with van der Waals surface area (Å²) in [5, 5.41) is 17.9. The quantitative estimate of drug-likeness (QED) is 0.00385. The number of hydrogen-bond donors (Lipinski definition) is 7. The van der Waals surface area contributed by atoms with Gasteiger partial charge in [-0.15, -0.1) is 0 Å². The highest BCUT2D eigenvalue weighted by Gasteiger charge is 2.57. The van der Waals surface area contributed by atoms with Crippen molar-refractivity contribution in [1.29, 1.82) is 0 Å². The normalized spacial score (nSPS) is 17.2. The lowest BCUT2D eigenvalue weighted by atomic mass is 9.75. The molecule has 618 valence electrons. The number of halogens is 10. The van der Waals surface area contributed by atoms with E-state index in [0.29, 0.717) is 106 Å². The molecule has 5 heterocycles. The summed E-state index contributed by atoms with van der Waals surface area (Å²) >= 11 is 0. The van der Waals surface area contributed by atoms with Crippen LogP contribution in [0.3, 0.4) is 0 Å². The molecule has 3 fully saturated rings. The number of methoxy groups -OCH3 is 2. The Morgan fingerprint density at radius 2 is 1.40 bits per heavy atom. The van der Waals surface area contributed by atoms with E-state index in [2.05, 4.69) is 56.9 Å². The number of ether oxygens (including phenoxy) is 4. The van der Waals surface area contributed by atoms with Gasteiger partial charge in [-0.2, -0.15) is 48.6 Å². The van der Waals surface area contributed by atoms with E-state index in [1.807, 2.05) is 5.32 Å². The molecular formula is C72H85F10N10O19PS. The zero-order chi connectivity index (χ0) is 83.8. The smallest absolute Gasteiger partial charge is 0.480 e. The number of phosphoric ester groups is 1. The SMILES string of the molecule is COC(=O)C[C@H](C(=O)NN(Cc1c(F)cc(-c2ccn(C(F)F)n2)cc1F)C[C@H](OC(=O)CC(C)(C)c1c(CC(=O)N[C@@H](CCS(=O)(=O)O)C(=O)O)cc(C)cc1OP(=O)(O)O)[C@@H](CC(=O)[C@@H](NC(=O)OC)C(C)(C)C(F)(F)F)Cc1ccc(C#Cc2cnc(N3CC4CCC(C3)N4C3COC3)nc2)cc1)C(C)(C)C(F)(F)F. The Balaban J connectivity index is 1.27. The third kappa shape index (κ3) is 23.2. The van der Waals surface area contributed by atoms with Crippen LogP contribution in [0.4, 0.5) is 54.6 Å². The van der Waals surface area contributed by atoms with Crippen molar-refractivity contribution in [3.05, 3.63) is 124 Å². The van der Waals surface area contributed by atoms with E-state index >= 15 is 44.7 Å². The molecule has 3 aromatic carbocycles. The Morgan fingerprint density at radius 3 is 1.92 bits per heavy atom. The summed E-state index contributed by atoms with van der Waals surface area (Å²) in [6.07, 6.45) is -15.0. The summed E-state index contributed by atoms with van der Waals surface area (Å²) in [5.41, 5.74) is -8.20. The third-order valence-corrected chi connectivity index (χ3v) is 21.2. The molecule has 7 N–H and O–H groups in total. The van der Waals surface area contributed by atoms with E-state index in [1.165, 1.54) is 63.5 Å². The van der Waals surface area contributed by atoms with Gasteiger partial charge in [0, 0.05) is 90.3 Å². The molecule has 3 saturated heterocycles. The minimum Gasteiger partial charge on any atom is -0.480 e. The number of piperazine rings is 1. The molecule has 3 aliphatic heterocycles. The Bertz CT molecular complexity index is 4520. The number of aliphatic carboxylic acids is 1. The van der Waals surface area contributed by atoms with Gasteiger partial charge in [0.1, 0.15) is 35.6 Å². The maximum absolute atomic E-state index is 16.9. The van der Waals surface area contributed by atoms with E-state index in [4.69, 9.17) is 14.0 Å². The number of esters is 2. The van der Waals surface area contributed by atoms with Crippen molar-refractivity contribution in [2.75, 3.05) is 57.7 Å². The molecule has 0 spiro atoms. The average molecular weight is 1650 g/mol. The van der Waals surface area contributed by atoms with E-state index in [1.54, 1.807) is 0 Å². The number of anilines is 1. The van der Waals surface area contributed by atoms with Crippen LogP contribution in [0.25, 0.3) is 11.3 Å². The first-order chi connectivity index (χ1) is 52.5. The van der Waals surface area contributed by atoms with Crippen LogP contribution in [0.1, 0.15) is 126 Å². The second-order valence-corrected chi connectivity index (χ2v) is 32.3. The van der Waals surface area contributed by atoms with Crippen LogP contribution in [0.5, 0.6) is 5.75 Å². The van der Waals surface area contributed by atoms with Crippen molar-refractivity contribution in [3.63, 3.8) is 0 Å². The van der Waals surface area contributed by atoms with Crippen LogP contribution in [-0.4, -0.2) is 201 Å². The van der Waals surface area contributed by atoms with Crippen molar-refractivity contribution >= 4 is 65.5 Å². The van der Waals surface area contributed by atoms with Gasteiger partial charge in [-0.25, -0.2) is 42.6 Å². The van der Waals surface area contributed by atoms with Crippen LogP contribution in [0.2, 0.25) is 0 Å². The number of phosphoric acid groups is 1. The number of nitrogens with one attached hydrogen (secondary N) is 3. The molecule has 3 amide bonds. The Hall–Kier alpha value is -9.36. The zero-order valence-electron chi connectivity index (χ0n) is 62.4. The molecule has 5 aromatic rings. The molecule has 0 radical (unpaired) electrons. The number of ketones is 1. The fraction of sp³-hybridized carbons (Fsp3) is 0.528. The number of carbonyl (C=O) groups excluding carboxylic acids is 6. The number of Topliss-reactive ketones (excluding diaryl/α,β-unsaturated/α-hetero) is 1. The summed E-state index contributed by atoms with van der Waals surface area (Å²) in [6.45, 7) is 2.63. The number of hydrogen-bond acceptors (Lipinski definition) is 21. The van der Waals surface area contributed by atoms with Gasteiger partial charge in [0.2, 0.25) is 17.8 Å². The molecular weight excluding hydrogens is 1560 g/mol. The van der Waals surface area contributed by atoms with Gasteiger partial charge in [0.25, 0.3) is 10.1 Å². The number of aryl methyl sites for hydroxylation is 1. The predicted octanol–water partition coefficient (Wildman–Crippen LogP) is 8.65. The molecule has 7 atom stereocenters. The first-order valence-electron chi connectivity index (χ1n) is 35.0. The van der Waals surface area contributed by atoms with Crippen LogP contribution in [0, 0.1) is 53.1 Å². The summed E-state index contributed by atoms with van der Waals surface area (Å²) in [5.74, 6) is -12.2. The summed E-state index contributed by atoms with van der Waals surface area (Å²) in [6, 6.07) is 6.38. The number of alkyl carbamates (subject to hydrolysis) is 1. The maximum atomic E-state index is 16.9. The minimum absolute atomic E-state index is 0.0896. The van der Waals surface area contributed by atoms with Crippen molar-refractivity contribution < 1.29 is 133 Å². The van der Waals surface area contributed by atoms with Gasteiger partial charge in [0.05, 0.1) is 93.0 Å². The van der Waals surface area contributed by atoms with Crippen molar-refractivity contribution in [1.82, 2.24) is 45.7 Å². The molecule has 0 saturated carbocycles. The number of rotatable bonds is 34. The molecule has 2 aromatic heterocycles. The topological polar surface area (TPSA) is 387 Å². The number of nitrogens with zero attached hydrogens (tertiary/aromatic N) is 7. The fourth-order valence-corrected chi connectivity index (χ4v) is 14.7. The van der Waals surface area contributed by atoms with Gasteiger partial charge >= 0.3 is 50.7 Å². The highest BCUT2D eigenvalue weighted by Crippen LogP contribution is 2.48. The van der Waals surface area contributed by atoms with Crippen molar-refractivity contribution in [2.45, 2.75) is 167 Å². The standard InChI is InChI=1S/C72H85F10N10O19PS/c1-39-22-45(28-58(94)85-54(64(98)99)19-21-113(104,105)106)61(56(23-39)111-112(101,102)103)68(2,3)30-60(96)110-57(36-90(88-63(97)50(29-59(95)107-8)69(4,5)71(77,78)79)35-49-51(73)25-43(26-52(49)74)53-18-20-91(87-53)65(75)76)44(27-55(93)62(86-67(100)108-9)70(6,7)72(80,81)82)24-41-13-10-40(11-14-41)12-15-42-31-83-66(84-32-42)89-33-46-16-17-47(34-89)92(46)48-37-109-38-48/h10-11,13-14,18,20,22-23,25-26,31-32,44,46-48,50,54,57,62,65H,16-17,19,21,24,27-30,33-38H2,1-9H3,(H,85,94)(H,86,100)(H,88,97)(H,98,99)(H2,101,102,103)(H,104,105,106)/t44-,46?,47?,50-,54+,57+,62-/m1/s1. The van der Waals surface area contributed by atoms with E-state index in [0.717, 1.165) is 45.4 Å². The second kappa shape index (κ2) is 36.0. The van der Waals surface area contributed by atoms with Gasteiger partial charge in [-0.05, 0) is 99.5 Å². The molecule has 41 heteroatoms. The highest BCUT2D eigenvalue weighted by atomic mass is 32.2. The number of alkyl halides is 8. The van der Waals surface area contributed by atoms with Gasteiger partial charge in [-0.3, -0.25) is 48.6 Å². The second-order valence-electron chi connectivity index (χ2n) is 29.5. The molecule has 2 unspecified atom stereocenters. The highest BCUT2D eigenvalue weighted by molar-refractivity contribution is 7.85. The van der Waals surface area contributed by atoms with Gasteiger partial charge in [0.15, 0.2) is 5.78 Å². The van der Waals surface area contributed by atoms with E-state index < -0.39 is 222 Å². The largest absolute Gasteiger partial charge is 0.524 e. The van der Waals surface area contributed by atoms with Crippen LogP contribution >= 0.6 is 7.82 Å². The van der Waals surface area contributed by atoms with Crippen LogP contribution in [0.15, 0.2) is 73.2 Å². The minimum atomic E-state index is -5.67. The van der Waals surface area contributed by atoms with E-state index in [9.17, 15) is 65.2 Å². The number of carboxylic acid groups (broad SMARTS) is 1. The lowest BCUT2D eigenvalue weighted by Gasteiger charge is -2.47. The Kier molecular flexibility index (Phi) is 28.4. The first kappa shape index (κ1) is 89.2. The van der Waals surface area contributed by atoms with Crippen molar-refractivity contribution in [2.24, 2.45) is 22.7 Å².